The summed E-state index contributed by atoms with van der Waals surface area (Å²) in [7, 11) is -3.60. The van der Waals surface area contributed by atoms with Crippen LogP contribution in [0, 0.1) is 23.0 Å². The largest absolute Gasteiger partial charge is 0.326 e. The Balaban J connectivity index is 1.68. The number of hydrogen-bond donors (Lipinski definition) is 1. The minimum Gasteiger partial charge on any atom is -0.326 e. The van der Waals surface area contributed by atoms with E-state index in [9.17, 15) is 23.3 Å². The lowest BCUT2D eigenvalue weighted by Gasteiger charge is -2.30. The Labute approximate surface area is 161 Å². The second kappa shape index (κ2) is 7.75. The Morgan fingerprint density at radius 2 is 1.96 bits per heavy atom. The van der Waals surface area contributed by atoms with Gasteiger partial charge in [0.15, 0.2) is 0 Å². The molecule has 0 unspecified atom stereocenters. The van der Waals surface area contributed by atoms with Gasteiger partial charge in [-0.1, -0.05) is 0 Å². The number of piperidine rings is 1. The van der Waals surface area contributed by atoms with Crippen LogP contribution in [0.4, 0.5) is 11.4 Å². The fourth-order valence-corrected chi connectivity index (χ4v) is 5.92. The first-order valence-electron chi connectivity index (χ1n) is 8.39. The molecule has 1 atom stereocenters. The lowest BCUT2D eigenvalue weighted by molar-refractivity contribution is -0.384. The zero-order chi connectivity index (χ0) is 19.6. The van der Waals surface area contributed by atoms with Gasteiger partial charge >= 0.3 is 0 Å². The third kappa shape index (κ3) is 4.34. The van der Waals surface area contributed by atoms with Crippen LogP contribution in [-0.2, 0) is 14.8 Å². The number of benzene rings is 1. The van der Waals surface area contributed by atoms with Crippen LogP contribution in [0.25, 0.3) is 0 Å². The molecule has 0 aliphatic carbocycles. The highest BCUT2D eigenvalue weighted by atomic mass is 32.2. The number of amides is 1. The van der Waals surface area contributed by atoms with Gasteiger partial charge in [0.2, 0.25) is 5.91 Å². The van der Waals surface area contributed by atoms with Crippen molar-refractivity contribution in [3.05, 3.63) is 51.4 Å². The maximum absolute atomic E-state index is 12.8. The summed E-state index contributed by atoms with van der Waals surface area (Å²) >= 11 is 1.22. The van der Waals surface area contributed by atoms with Gasteiger partial charge in [0.25, 0.3) is 15.7 Å². The van der Waals surface area contributed by atoms with Crippen molar-refractivity contribution in [2.24, 2.45) is 5.92 Å². The van der Waals surface area contributed by atoms with Crippen molar-refractivity contribution >= 4 is 38.6 Å². The van der Waals surface area contributed by atoms with Gasteiger partial charge in [-0.2, -0.15) is 4.31 Å². The summed E-state index contributed by atoms with van der Waals surface area (Å²) in [5, 5.41) is 13.4. The lowest BCUT2D eigenvalue weighted by atomic mass is 9.98. The van der Waals surface area contributed by atoms with E-state index in [1.54, 1.807) is 12.1 Å². The highest BCUT2D eigenvalue weighted by Crippen LogP contribution is 2.28. The molecule has 0 radical (unpaired) electrons. The molecule has 1 amide bonds. The summed E-state index contributed by atoms with van der Waals surface area (Å²) in [6.07, 6.45) is 1.19. The monoisotopic (exact) mass is 409 g/mol. The molecule has 10 heteroatoms. The van der Waals surface area contributed by atoms with Crippen LogP contribution in [0.3, 0.4) is 0 Å². The van der Waals surface area contributed by atoms with Crippen molar-refractivity contribution in [3.63, 3.8) is 0 Å². The van der Waals surface area contributed by atoms with Crippen LogP contribution in [0.5, 0.6) is 0 Å². The van der Waals surface area contributed by atoms with E-state index in [-0.39, 0.29) is 22.3 Å². The van der Waals surface area contributed by atoms with Crippen LogP contribution >= 0.6 is 11.3 Å². The normalized spacial score (nSPS) is 18.2. The van der Waals surface area contributed by atoms with Crippen molar-refractivity contribution in [1.29, 1.82) is 0 Å². The molecule has 0 spiro atoms. The standard InChI is InChI=1S/C17H19N3O5S2/c1-12-4-9-16(26-12)27(24,25)19-10-2-3-13(11-19)17(21)18-14-5-7-15(8-6-14)20(22)23/h4-9,13H,2-3,10-11H2,1H3,(H,18,21)/t13-/m0/s1. The minimum atomic E-state index is -3.60. The van der Waals surface area contributed by atoms with Crippen LogP contribution in [-0.4, -0.2) is 36.6 Å². The van der Waals surface area contributed by atoms with Crippen molar-refractivity contribution in [3.8, 4) is 0 Å². The molecule has 1 saturated heterocycles. The summed E-state index contributed by atoms with van der Waals surface area (Å²) in [5.41, 5.74) is 0.383. The number of rotatable bonds is 5. The number of non-ortho nitro benzene ring substituents is 1. The summed E-state index contributed by atoms with van der Waals surface area (Å²) < 4.78 is 27.2. The molecule has 1 fully saturated rings. The van der Waals surface area contributed by atoms with Gasteiger partial charge in [0, 0.05) is 35.8 Å². The predicted octanol–water partition coefficient (Wildman–Crippen LogP) is 3.00. The zero-order valence-electron chi connectivity index (χ0n) is 14.6. The van der Waals surface area contributed by atoms with E-state index in [4.69, 9.17) is 0 Å². The summed E-state index contributed by atoms with van der Waals surface area (Å²) in [6, 6.07) is 8.90. The van der Waals surface area contributed by atoms with E-state index in [2.05, 4.69) is 5.32 Å². The predicted molar refractivity (Wildman–Crippen MR) is 102 cm³/mol. The molecule has 1 aliphatic heterocycles. The minimum absolute atomic E-state index is 0.0609. The molecule has 1 N–H and O–H groups in total. The Kier molecular flexibility index (Phi) is 5.59. The number of nitro benzene ring substituents is 1. The number of hydrogen-bond acceptors (Lipinski definition) is 6. The molecule has 1 aromatic carbocycles. The van der Waals surface area contributed by atoms with Crippen molar-refractivity contribution in [2.75, 3.05) is 18.4 Å². The van der Waals surface area contributed by atoms with Crippen molar-refractivity contribution in [2.45, 2.75) is 24.0 Å². The molecule has 0 saturated carbocycles. The number of sulfonamides is 1. The molecular weight excluding hydrogens is 390 g/mol. The SMILES string of the molecule is Cc1ccc(S(=O)(=O)N2CCC[C@H](C(=O)Nc3ccc([N+](=O)[O-])cc3)C2)s1. The van der Waals surface area contributed by atoms with Gasteiger partial charge < -0.3 is 5.32 Å². The number of nitrogens with zero attached hydrogens (tertiary/aromatic N) is 2. The molecular formula is C17H19N3O5S2. The summed E-state index contributed by atoms with van der Waals surface area (Å²) in [4.78, 5) is 23.6. The number of aryl methyl sites for hydroxylation is 1. The van der Waals surface area contributed by atoms with Gasteiger partial charge in [-0.25, -0.2) is 8.42 Å². The average molecular weight is 409 g/mol. The van der Waals surface area contributed by atoms with Gasteiger partial charge in [-0.3, -0.25) is 14.9 Å². The molecule has 8 nitrogen and oxygen atoms in total. The smallest absolute Gasteiger partial charge is 0.269 e. The third-order valence-corrected chi connectivity index (χ3v) is 7.74. The Hall–Kier alpha value is -2.30. The fraction of sp³-hybridized carbons (Fsp3) is 0.353. The molecule has 0 bridgehead atoms. The fourth-order valence-electron chi connectivity index (χ4n) is 2.96. The topological polar surface area (TPSA) is 110 Å². The number of anilines is 1. The number of thiophene rings is 1. The number of nitro groups is 1. The first-order valence-corrected chi connectivity index (χ1v) is 10.6. The quantitative estimate of drug-likeness (QED) is 0.603. The van der Waals surface area contributed by atoms with Crippen LogP contribution in [0.15, 0.2) is 40.6 Å². The summed E-state index contributed by atoms with van der Waals surface area (Å²) in [5.74, 6) is -0.754. The van der Waals surface area contributed by atoms with Crippen LogP contribution in [0.2, 0.25) is 0 Å². The van der Waals surface area contributed by atoms with Gasteiger partial charge in [0.05, 0.1) is 10.8 Å². The summed E-state index contributed by atoms with van der Waals surface area (Å²) in [6.45, 7) is 2.36. The van der Waals surface area contributed by atoms with E-state index in [1.807, 2.05) is 6.92 Å². The van der Waals surface area contributed by atoms with Crippen molar-refractivity contribution in [1.82, 2.24) is 4.31 Å². The third-order valence-electron chi connectivity index (χ3n) is 4.41. The van der Waals surface area contributed by atoms with E-state index in [0.29, 0.717) is 25.1 Å². The second-order valence-corrected chi connectivity index (χ2v) is 9.81. The van der Waals surface area contributed by atoms with Crippen LogP contribution in [0.1, 0.15) is 17.7 Å². The molecule has 1 aromatic heterocycles. The number of carbonyl (C=O) groups is 1. The van der Waals surface area contributed by atoms with Crippen molar-refractivity contribution < 1.29 is 18.1 Å². The number of nitrogens with one attached hydrogen (secondary N) is 1. The Bertz CT molecular complexity index is 953. The molecule has 3 rings (SSSR count). The Morgan fingerprint density at radius 3 is 2.56 bits per heavy atom. The lowest BCUT2D eigenvalue weighted by Crippen LogP contribution is -2.43. The molecule has 27 heavy (non-hydrogen) atoms. The average Bonchev–Trinajstić information content (AvgIpc) is 3.09. The molecule has 144 valence electrons. The maximum Gasteiger partial charge on any atom is 0.269 e. The van der Waals surface area contributed by atoms with Gasteiger partial charge in [-0.15, -0.1) is 11.3 Å². The molecule has 1 aliphatic rings. The number of carbonyl (C=O) groups excluding carboxylic acids is 1. The van der Waals surface area contributed by atoms with E-state index >= 15 is 0 Å². The van der Waals surface area contributed by atoms with Gasteiger partial charge in [-0.05, 0) is 44.0 Å². The van der Waals surface area contributed by atoms with Crippen LogP contribution < -0.4 is 5.32 Å². The highest BCUT2D eigenvalue weighted by Gasteiger charge is 2.34. The van der Waals surface area contributed by atoms with E-state index in [0.717, 1.165) is 4.88 Å². The Morgan fingerprint density at radius 1 is 1.26 bits per heavy atom. The van der Waals surface area contributed by atoms with Gasteiger partial charge in [0.1, 0.15) is 4.21 Å². The van der Waals surface area contributed by atoms with E-state index in [1.165, 1.54) is 39.9 Å². The zero-order valence-corrected chi connectivity index (χ0v) is 16.3. The molecule has 2 aromatic rings. The molecule has 2 heterocycles. The second-order valence-electron chi connectivity index (χ2n) is 6.36. The maximum atomic E-state index is 12.8. The first kappa shape index (κ1) is 19.5. The van der Waals surface area contributed by atoms with E-state index < -0.39 is 20.9 Å². The highest BCUT2D eigenvalue weighted by molar-refractivity contribution is 7.91. The first-order chi connectivity index (χ1) is 12.8.